The van der Waals surface area contributed by atoms with Crippen LogP contribution in [0, 0.1) is 10.1 Å². The maximum atomic E-state index is 11.0. The first kappa shape index (κ1) is 16.7. The summed E-state index contributed by atoms with van der Waals surface area (Å²) in [4.78, 5) is 17.9. The number of aromatic nitrogens is 2. The molecule has 2 aromatic carbocycles. The second-order valence-corrected chi connectivity index (χ2v) is 5.39. The van der Waals surface area contributed by atoms with Crippen LogP contribution in [0.25, 0.3) is 0 Å². The van der Waals surface area contributed by atoms with Crippen LogP contribution in [-0.2, 0) is 6.61 Å². The van der Waals surface area contributed by atoms with E-state index >= 15 is 0 Å². The van der Waals surface area contributed by atoms with Crippen LogP contribution in [-0.4, -0.2) is 14.9 Å². The summed E-state index contributed by atoms with van der Waals surface area (Å²) in [6, 6.07) is 16.8. The highest BCUT2D eigenvalue weighted by Gasteiger charge is 2.17. The van der Waals surface area contributed by atoms with Crippen LogP contribution in [0.15, 0.2) is 60.8 Å². The van der Waals surface area contributed by atoms with E-state index in [2.05, 4.69) is 15.3 Å². The van der Waals surface area contributed by atoms with Gasteiger partial charge < -0.3 is 10.1 Å². The lowest BCUT2D eigenvalue weighted by molar-refractivity contribution is -0.384. The molecule has 0 spiro atoms. The van der Waals surface area contributed by atoms with Gasteiger partial charge in [-0.1, -0.05) is 30.3 Å². The first-order chi connectivity index (χ1) is 12.1. The van der Waals surface area contributed by atoms with E-state index in [-0.39, 0.29) is 16.8 Å². The molecule has 0 bridgehead atoms. The van der Waals surface area contributed by atoms with Gasteiger partial charge in [-0.25, -0.2) is 4.98 Å². The molecule has 0 radical (unpaired) electrons. The van der Waals surface area contributed by atoms with Crippen LogP contribution in [0.1, 0.15) is 5.56 Å². The first-order valence-corrected chi connectivity index (χ1v) is 7.70. The molecule has 0 saturated carbocycles. The van der Waals surface area contributed by atoms with Gasteiger partial charge in [0, 0.05) is 5.69 Å². The molecule has 1 N–H and O–H groups in total. The van der Waals surface area contributed by atoms with Crippen LogP contribution in [0.2, 0.25) is 5.28 Å². The SMILES string of the molecule is O=[N+]([O-])c1cnc(Cl)nc1Nc1ccc(OCc2ccccc2)cc1. The van der Waals surface area contributed by atoms with Gasteiger partial charge in [-0.05, 0) is 41.4 Å². The number of nitrogens with zero attached hydrogens (tertiary/aromatic N) is 3. The van der Waals surface area contributed by atoms with E-state index in [0.717, 1.165) is 11.8 Å². The predicted octanol–water partition coefficient (Wildman–Crippen LogP) is 4.36. The minimum atomic E-state index is -0.573. The molecule has 0 fully saturated rings. The summed E-state index contributed by atoms with van der Waals surface area (Å²) in [5.41, 5.74) is 1.43. The van der Waals surface area contributed by atoms with Crippen LogP contribution in [0.5, 0.6) is 5.75 Å². The number of benzene rings is 2. The van der Waals surface area contributed by atoms with E-state index in [1.165, 1.54) is 0 Å². The van der Waals surface area contributed by atoms with Crippen molar-refractivity contribution in [2.75, 3.05) is 5.32 Å². The van der Waals surface area contributed by atoms with Crippen molar-refractivity contribution in [2.24, 2.45) is 0 Å². The van der Waals surface area contributed by atoms with Crippen LogP contribution >= 0.6 is 11.6 Å². The number of halogens is 1. The van der Waals surface area contributed by atoms with Crippen LogP contribution in [0.3, 0.4) is 0 Å². The number of ether oxygens (including phenoxy) is 1. The van der Waals surface area contributed by atoms with Crippen LogP contribution in [0.4, 0.5) is 17.2 Å². The van der Waals surface area contributed by atoms with Crippen LogP contribution < -0.4 is 10.1 Å². The Kier molecular flexibility index (Phi) is 5.06. The van der Waals surface area contributed by atoms with Crippen molar-refractivity contribution in [1.29, 1.82) is 0 Å². The van der Waals surface area contributed by atoms with Crippen molar-refractivity contribution < 1.29 is 9.66 Å². The second-order valence-electron chi connectivity index (χ2n) is 5.05. The Hall–Kier alpha value is -3.19. The number of nitrogens with one attached hydrogen (secondary N) is 1. The Labute approximate surface area is 148 Å². The zero-order valence-corrected chi connectivity index (χ0v) is 13.7. The molecule has 0 amide bonds. The molecule has 0 aliphatic rings. The molecule has 126 valence electrons. The lowest BCUT2D eigenvalue weighted by atomic mass is 10.2. The second kappa shape index (κ2) is 7.59. The third-order valence-electron chi connectivity index (χ3n) is 3.30. The number of hydrogen-bond donors (Lipinski definition) is 1. The Morgan fingerprint density at radius 1 is 1.12 bits per heavy atom. The van der Waals surface area contributed by atoms with E-state index in [4.69, 9.17) is 16.3 Å². The molecule has 1 heterocycles. The zero-order chi connectivity index (χ0) is 17.6. The molecule has 0 aliphatic carbocycles. The van der Waals surface area contributed by atoms with Gasteiger partial charge >= 0.3 is 5.69 Å². The average molecular weight is 357 g/mol. The van der Waals surface area contributed by atoms with Gasteiger partial charge in [-0.15, -0.1) is 0 Å². The van der Waals surface area contributed by atoms with Crippen molar-refractivity contribution in [2.45, 2.75) is 6.61 Å². The van der Waals surface area contributed by atoms with Gasteiger partial charge in [-0.2, -0.15) is 4.98 Å². The fourth-order valence-corrected chi connectivity index (χ4v) is 2.22. The molecule has 0 saturated heterocycles. The molecule has 7 nitrogen and oxygen atoms in total. The summed E-state index contributed by atoms with van der Waals surface area (Å²) < 4.78 is 5.70. The summed E-state index contributed by atoms with van der Waals surface area (Å²) in [6.45, 7) is 0.459. The van der Waals surface area contributed by atoms with Crippen molar-refractivity contribution in [3.63, 3.8) is 0 Å². The number of hydrogen-bond acceptors (Lipinski definition) is 6. The Balaban J connectivity index is 1.69. The van der Waals surface area contributed by atoms with Gasteiger partial charge in [0.25, 0.3) is 0 Å². The molecule has 25 heavy (non-hydrogen) atoms. The Bertz CT molecular complexity index is 873. The monoisotopic (exact) mass is 356 g/mol. The summed E-state index contributed by atoms with van der Waals surface area (Å²) in [6.07, 6.45) is 1.06. The first-order valence-electron chi connectivity index (χ1n) is 7.32. The van der Waals surface area contributed by atoms with Crippen molar-refractivity contribution in [3.8, 4) is 5.75 Å². The maximum absolute atomic E-state index is 11.0. The molecule has 0 atom stereocenters. The van der Waals surface area contributed by atoms with Gasteiger partial charge in [0.05, 0.1) is 4.92 Å². The van der Waals surface area contributed by atoms with E-state index in [1.807, 2.05) is 30.3 Å². The molecular weight excluding hydrogens is 344 g/mol. The third-order valence-corrected chi connectivity index (χ3v) is 3.48. The van der Waals surface area contributed by atoms with Gasteiger partial charge in [0.15, 0.2) is 0 Å². The number of rotatable bonds is 6. The molecule has 8 heteroatoms. The lowest BCUT2D eigenvalue weighted by Gasteiger charge is -2.09. The van der Waals surface area contributed by atoms with Gasteiger partial charge in [0.2, 0.25) is 11.1 Å². The molecule has 1 aromatic heterocycles. The molecule has 3 rings (SSSR count). The normalized spacial score (nSPS) is 10.3. The molecule has 3 aromatic rings. The largest absolute Gasteiger partial charge is 0.489 e. The lowest BCUT2D eigenvalue weighted by Crippen LogP contribution is -2.01. The Morgan fingerprint density at radius 3 is 2.52 bits per heavy atom. The van der Waals surface area contributed by atoms with Gasteiger partial charge in [-0.3, -0.25) is 10.1 Å². The highest BCUT2D eigenvalue weighted by Crippen LogP contribution is 2.26. The smallest absolute Gasteiger partial charge is 0.329 e. The summed E-state index contributed by atoms with van der Waals surface area (Å²) in [7, 11) is 0. The highest BCUT2D eigenvalue weighted by molar-refractivity contribution is 6.28. The number of nitro groups is 1. The molecule has 0 unspecified atom stereocenters. The maximum Gasteiger partial charge on any atom is 0.329 e. The van der Waals surface area contributed by atoms with E-state index in [0.29, 0.717) is 18.0 Å². The van der Waals surface area contributed by atoms with E-state index in [9.17, 15) is 10.1 Å². The predicted molar refractivity (Wildman–Crippen MR) is 94.2 cm³/mol. The highest BCUT2D eigenvalue weighted by atomic mass is 35.5. The summed E-state index contributed by atoms with van der Waals surface area (Å²) >= 11 is 5.71. The topological polar surface area (TPSA) is 90.2 Å². The van der Waals surface area contributed by atoms with E-state index in [1.54, 1.807) is 24.3 Å². The minimum Gasteiger partial charge on any atom is -0.489 e. The molecule has 0 aliphatic heterocycles. The van der Waals surface area contributed by atoms with Crippen molar-refractivity contribution >= 4 is 28.8 Å². The zero-order valence-electron chi connectivity index (χ0n) is 12.9. The fraction of sp³-hybridized carbons (Fsp3) is 0.0588. The third kappa shape index (κ3) is 4.42. The summed E-state index contributed by atoms with van der Waals surface area (Å²) in [5.74, 6) is 0.715. The van der Waals surface area contributed by atoms with Crippen molar-refractivity contribution in [1.82, 2.24) is 9.97 Å². The van der Waals surface area contributed by atoms with Crippen molar-refractivity contribution in [3.05, 3.63) is 81.8 Å². The average Bonchev–Trinajstić information content (AvgIpc) is 2.62. The molecular formula is C17H13ClN4O3. The standard InChI is InChI=1S/C17H13ClN4O3/c18-17-19-10-15(22(23)24)16(21-17)20-13-6-8-14(9-7-13)25-11-12-4-2-1-3-5-12/h1-10H,11H2,(H,19,20,21). The van der Waals surface area contributed by atoms with E-state index < -0.39 is 4.92 Å². The Morgan fingerprint density at radius 2 is 1.84 bits per heavy atom. The van der Waals surface area contributed by atoms with Gasteiger partial charge in [0.1, 0.15) is 18.6 Å². The fourth-order valence-electron chi connectivity index (χ4n) is 2.09. The summed E-state index contributed by atoms with van der Waals surface area (Å²) in [5, 5.41) is 13.8. The number of anilines is 2. The minimum absolute atomic E-state index is 0.0305. The quantitative estimate of drug-likeness (QED) is 0.401.